The van der Waals surface area contributed by atoms with Gasteiger partial charge < -0.3 is 0 Å². The van der Waals surface area contributed by atoms with Crippen LogP contribution >= 0.6 is 0 Å². The molecular weight excluding hydrogens is 180 g/mol. The molecule has 0 unspecified atom stereocenters. The van der Waals surface area contributed by atoms with Crippen LogP contribution in [0.2, 0.25) is 0 Å². The molecule has 0 nitrogen and oxygen atoms in total. The minimum absolute atomic E-state index is 0.657. The van der Waals surface area contributed by atoms with Crippen molar-refractivity contribution in [3.63, 3.8) is 0 Å². The Morgan fingerprint density at radius 2 is 1.60 bits per heavy atom. The molecular formula is C15H24. The Kier molecular flexibility index (Phi) is 6.77. The van der Waals surface area contributed by atoms with E-state index in [-0.39, 0.29) is 0 Å². The molecule has 0 spiro atoms. The summed E-state index contributed by atoms with van der Waals surface area (Å²) in [6, 6.07) is 8.66. The maximum Gasteiger partial charge on any atom is -0.0266 e. The lowest BCUT2D eigenvalue weighted by Gasteiger charge is -1.97. The molecule has 0 heteroatoms. The van der Waals surface area contributed by atoms with E-state index < -0.39 is 0 Å². The van der Waals surface area contributed by atoms with Crippen molar-refractivity contribution in [3.8, 4) is 0 Å². The van der Waals surface area contributed by atoms with E-state index in [1.807, 2.05) is 6.92 Å². The third-order valence-corrected chi connectivity index (χ3v) is 2.51. The van der Waals surface area contributed by atoms with E-state index >= 15 is 0 Å². The molecule has 0 saturated heterocycles. The minimum Gasteiger partial charge on any atom is -0.0999 e. The molecule has 1 aromatic rings. The second-order valence-corrected chi connectivity index (χ2v) is 4.34. The summed E-state index contributed by atoms with van der Waals surface area (Å²) in [7, 11) is 0. The molecule has 0 heterocycles. The Morgan fingerprint density at radius 3 is 1.87 bits per heavy atom. The first kappa shape index (κ1) is 14.0. The summed E-state index contributed by atoms with van der Waals surface area (Å²) in [6.07, 6.45) is 1.14. The highest BCUT2D eigenvalue weighted by molar-refractivity contribution is 5.20. The highest BCUT2D eigenvalue weighted by atomic mass is 13.9. The van der Waals surface area contributed by atoms with E-state index in [4.69, 9.17) is 0 Å². The maximum absolute atomic E-state index is 3.75. The fourth-order valence-corrected chi connectivity index (χ4v) is 0.824. The second-order valence-electron chi connectivity index (χ2n) is 4.34. The molecule has 0 aromatic heterocycles. The SMILES string of the molecule is C=C(C)C(C)C.CCc1ccc(C)cc1. The number of hydrogen-bond donors (Lipinski definition) is 0. The molecule has 0 amide bonds. The number of aryl methyl sites for hydroxylation is 2. The topological polar surface area (TPSA) is 0 Å². The second kappa shape index (κ2) is 7.28. The third kappa shape index (κ3) is 6.96. The Labute approximate surface area is 95.0 Å². The smallest absolute Gasteiger partial charge is 0.0266 e. The number of allylic oxidation sites excluding steroid dienone is 1. The van der Waals surface area contributed by atoms with Gasteiger partial charge in [-0.2, -0.15) is 0 Å². The van der Waals surface area contributed by atoms with Crippen molar-refractivity contribution in [1.29, 1.82) is 0 Å². The maximum atomic E-state index is 3.75. The van der Waals surface area contributed by atoms with Crippen LogP contribution in [-0.4, -0.2) is 0 Å². The van der Waals surface area contributed by atoms with Gasteiger partial charge in [0.1, 0.15) is 0 Å². The van der Waals surface area contributed by atoms with Crippen LogP contribution in [0, 0.1) is 12.8 Å². The van der Waals surface area contributed by atoms with Gasteiger partial charge in [0, 0.05) is 0 Å². The van der Waals surface area contributed by atoms with Gasteiger partial charge in [-0.15, -0.1) is 0 Å². The van der Waals surface area contributed by atoms with E-state index in [0.29, 0.717) is 5.92 Å². The van der Waals surface area contributed by atoms with Crippen molar-refractivity contribution in [1.82, 2.24) is 0 Å². The van der Waals surface area contributed by atoms with E-state index in [1.54, 1.807) is 0 Å². The summed E-state index contributed by atoms with van der Waals surface area (Å²) in [5.41, 5.74) is 4.02. The van der Waals surface area contributed by atoms with Gasteiger partial charge in [0.05, 0.1) is 0 Å². The molecule has 84 valence electrons. The summed E-state index contributed by atoms with van der Waals surface area (Å²) < 4.78 is 0. The molecule has 0 aliphatic rings. The zero-order chi connectivity index (χ0) is 11.8. The minimum atomic E-state index is 0.657. The van der Waals surface area contributed by atoms with Crippen molar-refractivity contribution in [2.45, 2.75) is 41.0 Å². The Morgan fingerprint density at radius 1 is 1.20 bits per heavy atom. The molecule has 0 aliphatic carbocycles. The van der Waals surface area contributed by atoms with Crippen LogP contribution in [0.1, 0.15) is 38.8 Å². The zero-order valence-corrected chi connectivity index (χ0v) is 10.8. The summed E-state index contributed by atoms with van der Waals surface area (Å²) in [5.74, 6) is 0.657. The van der Waals surface area contributed by atoms with Crippen LogP contribution in [0.25, 0.3) is 0 Å². The van der Waals surface area contributed by atoms with Gasteiger partial charge in [0.2, 0.25) is 0 Å². The fraction of sp³-hybridized carbons (Fsp3) is 0.467. The zero-order valence-electron chi connectivity index (χ0n) is 10.8. The van der Waals surface area contributed by atoms with Gasteiger partial charge in [-0.25, -0.2) is 0 Å². The predicted octanol–water partition coefficient (Wildman–Crippen LogP) is 4.78. The summed E-state index contributed by atoms with van der Waals surface area (Å²) >= 11 is 0. The molecule has 0 atom stereocenters. The first-order valence-electron chi connectivity index (χ1n) is 5.68. The Hall–Kier alpha value is -1.04. The summed E-state index contributed by atoms with van der Waals surface area (Å²) in [5, 5.41) is 0. The van der Waals surface area contributed by atoms with Crippen LogP contribution < -0.4 is 0 Å². The lowest BCUT2D eigenvalue weighted by atomic mass is 10.1. The van der Waals surface area contributed by atoms with Gasteiger partial charge in [0.25, 0.3) is 0 Å². The van der Waals surface area contributed by atoms with Crippen molar-refractivity contribution < 1.29 is 0 Å². The van der Waals surface area contributed by atoms with Gasteiger partial charge >= 0.3 is 0 Å². The van der Waals surface area contributed by atoms with E-state index in [1.165, 1.54) is 16.7 Å². The number of rotatable bonds is 2. The largest absolute Gasteiger partial charge is 0.0999 e. The first-order chi connectivity index (χ1) is 6.97. The normalized spacial score (nSPS) is 9.47. The molecule has 1 rings (SSSR count). The van der Waals surface area contributed by atoms with Crippen LogP contribution in [0.15, 0.2) is 36.4 Å². The van der Waals surface area contributed by atoms with Gasteiger partial charge in [-0.3, -0.25) is 0 Å². The first-order valence-corrected chi connectivity index (χ1v) is 5.68. The summed E-state index contributed by atoms with van der Waals surface area (Å²) in [4.78, 5) is 0. The highest BCUT2D eigenvalue weighted by Crippen LogP contribution is 2.02. The molecule has 1 aromatic carbocycles. The monoisotopic (exact) mass is 204 g/mol. The molecule has 0 bridgehead atoms. The van der Waals surface area contributed by atoms with E-state index in [0.717, 1.165) is 6.42 Å². The number of hydrogen-bond acceptors (Lipinski definition) is 0. The van der Waals surface area contributed by atoms with Crippen LogP contribution in [-0.2, 0) is 6.42 Å². The van der Waals surface area contributed by atoms with Crippen molar-refractivity contribution in [3.05, 3.63) is 47.5 Å². The van der Waals surface area contributed by atoms with Gasteiger partial charge in [-0.05, 0) is 31.7 Å². The lowest BCUT2D eigenvalue weighted by molar-refractivity contribution is 0.773. The molecule has 0 radical (unpaired) electrons. The quantitative estimate of drug-likeness (QED) is 0.608. The van der Waals surface area contributed by atoms with E-state index in [9.17, 15) is 0 Å². The summed E-state index contributed by atoms with van der Waals surface area (Å²) in [6.45, 7) is 14.4. The Bertz CT molecular complexity index is 277. The number of benzene rings is 1. The standard InChI is InChI=1S/C9H12.C6H12/c1-3-9-6-4-8(2)5-7-9;1-5(2)6(3)4/h4-7H,3H2,1-2H3;6H,1H2,2-4H3. The van der Waals surface area contributed by atoms with E-state index in [2.05, 4.69) is 58.5 Å². The Balaban J connectivity index is 0.000000288. The molecule has 15 heavy (non-hydrogen) atoms. The average Bonchev–Trinajstić information content (AvgIpc) is 2.20. The van der Waals surface area contributed by atoms with Crippen molar-refractivity contribution in [2.75, 3.05) is 0 Å². The van der Waals surface area contributed by atoms with Crippen molar-refractivity contribution in [2.24, 2.45) is 5.92 Å². The van der Waals surface area contributed by atoms with Gasteiger partial charge in [0.15, 0.2) is 0 Å². The third-order valence-electron chi connectivity index (χ3n) is 2.51. The highest BCUT2D eigenvalue weighted by Gasteiger charge is 1.87. The van der Waals surface area contributed by atoms with Crippen LogP contribution in [0.5, 0.6) is 0 Å². The average molecular weight is 204 g/mol. The lowest BCUT2D eigenvalue weighted by Crippen LogP contribution is -1.83. The molecule has 0 saturated carbocycles. The van der Waals surface area contributed by atoms with Crippen LogP contribution in [0.3, 0.4) is 0 Å². The fourth-order valence-electron chi connectivity index (χ4n) is 0.824. The molecule has 0 N–H and O–H groups in total. The predicted molar refractivity (Wildman–Crippen MR) is 70.2 cm³/mol. The molecule has 0 fully saturated rings. The van der Waals surface area contributed by atoms with Gasteiger partial charge in [-0.1, -0.05) is 62.8 Å². The van der Waals surface area contributed by atoms with Crippen molar-refractivity contribution >= 4 is 0 Å². The molecule has 0 aliphatic heterocycles. The van der Waals surface area contributed by atoms with Crippen LogP contribution in [0.4, 0.5) is 0 Å².